The number of anilines is 2. The van der Waals surface area contributed by atoms with E-state index in [1.807, 2.05) is 12.1 Å². The van der Waals surface area contributed by atoms with Gasteiger partial charge < -0.3 is 18.3 Å². The Kier molecular flexibility index (Phi) is 5.66. The van der Waals surface area contributed by atoms with Gasteiger partial charge in [-0.05, 0) is 85.1 Å². The summed E-state index contributed by atoms with van der Waals surface area (Å²) in [7, 11) is 0. The second-order valence-corrected chi connectivity index (χ2v) is 14.6. The number of hydrogen-bond donors (Lipinski definition) is 0. The molecule has 0 fully saturated rings. The Bertz CT molecular complexity index is 3230. The van der Waals surface area contributed by atoms with E-state index in [-0.39, 0.29) is 5.54 Å². The Balaban J connectivity index is 1.15. The van der Waals surface area contributed by atoms with Crippen molar-refractivity contribution in [1.82, 2.24) is 4.57 Å². The molecular weight excluding hydrogens is 649 g/mol. The van der Waals surface area contributed by atoms with Gasteiger partial charge in [-0.2, -0.15) is 0 Å². The van der Waals surface area contributed by atoms with Gasteiger partial charge in [0, 0.05) is 49.4 Å². The molecule has 1 atom stereocenters. The van der Waals surface area contributed by atoms with Crippen LogP contribution in [0.3, 0.4) is 0 Å². The van der Waals surface area contributed by atoms with Crippen LogP contribution in [0.4, 0.5) is 11.4 Å². The molecule has 250 valence electrons. The maximum Gasteiger partial charge on any atom is 0.145 e. The number of hydrogen-bond acceptors (Lipinski definition) is 3. The molecule has 3 aromatic heterocycles. The van der Waals surface area contributed by atoms with Crippen LogP contribution < -0.4 is 4.90 Å². The molecule has 0 N–H and O–H groups in total. The van der Waals surface area contributed by atoms with Crippen LogP contribution >= 0.6 is 0 Å². The van der Waals surface area contributed by atoms with E-state index in [4.69, 9.17) is 8.83 Å². The molecule has 0 radical (unpaired) electrons. The van der Waals surface area contributed by atoms with E-state index in [1.54, 1.807) is 0 Å². The molecule has 0 saturated heterocycles. The Morgan fingerprint density at radius 2 is 1.26 bits per heavy atom. The molecule has 7 aromatic carbocycles. The number of allylic oxidation sites excluding steroid dienone is 2. The Morgan fingerprint density at radius 1 is 0.585 bits per heavy atom. The first-order valence-electron chi connectivity index (χ1n) is 18.3. The van der Waals surface area contributed by atoms with Gasteiger partial charge in [0.15, 0.2) is 0 Å². The van der Waals surface area contributed by atoms with Crippen LogP contribution in [0.15, 0.2) is 173 Å². The fourth-order valence-electron chi connectivity index (χ4n) is 9.45. The van der Waals surface area contributed by atoms with Crippen molar-refractivity contribution in [2.24, 2.45) is 0 Å². The summed E-state index contributed by atoms with van der Waals surface area (Å²) in [5, 5.41) is 6.90. The third-order valence-electron chi connectivity index (χ3n) is 11.7. The zero-order valence-electron chi connectivity index (χ0n) is 29.0. The topological polar surface area (TPSA) is 34.5 Å². The lowest BCUT2D eigenvalue weighted by Gasteiger charge is -2.39. The molecule has 12 rings (SSSR count). The van der Waals surface area contributed by atoms with Gasteiger partial charge in [-0.1, -0.05) is 103 Å². The van der Waals surface area contributed by atoms with Crippen molar-refractivity contribution < 1.29 is 8.83 Å². The number of fused-ring (bicyclic) bond motifs is 14. The Labute approximate surface area is 305 Å². The highest BCUT2D eigenvalue weighted by atomic mass is 16.3. The minimum atomic E-state index is -0.304. The van der Waals surface area contributed by atoms with Gasteiger partial charge in [-0.25, -0.2) is 0 Å². The zero-order valence-corrected chi connectivity index (χ0v) is 29.0. The van der Waals surface area contributed by atoms with Crippen LogP contribution in [0.5, 0.6) is 0 Å². The molecule has 0 bridgehead atoms. The number of furan rings is 2. The molecule has 10 aromatic rings. The molecule has 0 spiro atoms. The van der Waals surface area contributed by atoms with Crippen LogP contribution in [-0.2, 0) is 0 Å². The summed E-state index contributed by atoms with van der Waals surface area (Å²) < 4.78 is 15.7. The largest absolute Gasteiger partial charge is 0.455 e. The van der Waals surface area contributed by atoms with Gasteiger partial charge in [-0.3, -0.25) is 0 Å². The lowest BCUT2D eigenvalue weighted by Crippen LogP contribution is -2.40. The summed E-state index contributed by atoms with van der Waals surface area (Å²) in [6.07, 6.45) is 7.76. The highest BCUT2D eigenvalue weighted by Crippen LogP contribution is 2.57. The van der Waals surface area contributed by atoms with Crippen molar-refractivity contribution in [3.05, 3.63) is 169 Å². The number of rotatable bonds is 3. The predicted octanol–water partition coefficient (Wildman–Crippen LogP) is 13.5. The summed E-state index contributed by atoms with van der Waals surface area (Å²) in [4.78, 5) is 2.57. The number of aromatic nitrogens is 1. The van der Waals surface area contributed by atoms with Gasteiger partial charge in [0.25, 0.3) is 0 Å². The van der Waals surface area contributed by atoms with E-state index in [9.17, 15) is 0 Å². The standard InChI is InChI=1S/C49H32N2O2/c1-49-28-10-9-21-39(49)45-41(51(49)32-16-11-13-30(29-32)33-19-12-20-36-34-17-5-7-22-42(34)52-47(33)36)27-25-38-44-40(50(46(38)45)31-14-3-2-4-15-31)26-24-37-35-18-6-8-23-43(35)53-48(37)44/h2-27,29H,28H2,1H3. The lowest BCUT2D eigenvalue weighted by molar-refractivity contribution is 0.607. The molecule has 1 aliphatic carbocycles. The number of benzene rings is 7. The van der Waals surface area contributed by atoms with Crippen LogP contribution in [0.25, 0.3) is 88.1 Å². The van der Waals surface area contributed by atoms with Crippen molar-refractivity contribution in [1.29, 1.82) is 0 Å². The van der Waals surface area contributed by atoms with E-state index in [0.29, 0.717) is 0 Å². The highest BCUT2D eigenvalue weighted by Gasteiger charge is 2.46. The third-order valence-corrected chi connectivity index (χ3v) is 11.7. The lowest BCUT2D eigenvalue weighted by atomic mass is 9.83. The second-order valence-electron chi connectivity index (χ2n) is 14.6. The van der Waals surface area contributed by atoms with E-state index >= 15 is 0 Å². The smallest absolute Gasteiger partial charge is 0.145 e. The summed E-state index contributed by atoms with van der Waals surface area (Å²) in [6, 6.07) is 52.1. The fourth-order valence-corrected chi connectivity index (χ4v) is 9.45. The molecule has 0 amide bonds. The molecule has 53 heavy (non-hydrogen) atoms. The minimum Gasteiger partial charge on any atom is -0.455 e. The van der Waals surface area contributed by atoms with Crippen LogP contribution in [-0.4, -0.2) is 10.1 Å². The van der Waals surface area contributed by atoms with Gasteiger partial charge in [0.05, 0.1) is 27.6 Å². The van der Waals surface area contributed by atoms with Crippen molar-refractivity contribution in [2.45, 2.75) is 18.9 Å². The average Bonchev–Trinajstić information content (AvgIpc) is 3.94. The summed E-state index contributed by atoms with van der Waals surface area (Å²) in [5.74, 6) is 0. The van der Waals surface area contributed by atoms with E-state index in [1.165, 1.54) is 27.7 Å². The van der Waals surface area contributed by atoms with E-state index < -0.39 is 0 Å². The average molecular weight is 681 g/mol. The molecule has 4 nitrogen and oxygen atoms in total. The summed E-state index contributed by atoms with van der Waals surface area (Å²) in [5.41, 5.74) is 14.0. The maximum absolute atomic E-state index is 6.71. The summed E-state index contributed by atoms with van der Waals surface area (Å²) in [6.45, 7) is 2.40. The van der Waals surface area contributed by atoms with Gasteiger partial charge >= 0.3 is 0 Å². The Hall–Kier alpha value is -6.78. The quantitative estimate of drug-likeness (QED) is 0.186. The van der Waals surface area contributed by atoms with Crippen molar-refractivity contribution in [2.75, 3.05) is 4.90 Å². The predicted molar refractivity (Wildman–Crippen MR) is 219 cm³/mol. The monoisotopic (exact) mass is 680 g/mol. The van der Waals surface area contributed by atoms with Crippen molar-refractivity contribution in [3.8, 4) is 16.8 Å². The minimum absolute atomic E-state index is 0.304. The first-order chi connectivity index (χ1) is 26.2. The Morgan fingerprint density at radius 3 is 2.09 bits per heavy atom. The molecule has 0 saturated carbocycles. The second kappa shape index (κ2) is 10.4. The zero-order chi connectivity index (χ0) is 34.8. The van der Waals surface area contributed by atoms with Gasteiger partial charge in [0.2, 0.25) is 0 Å². The van der Waals surface area contributed by atoms with Crippen LogP contribution in [0.2, 0.25) is 0 Å². The third kappa shape index (κ3) is 3.79. The van der Waals surface area contributed by atoms with Gasteiger partial charge in [0.1, 0.15) is 22.3 Å². The van der Waals surface area contributed by atoms with E-state index in [2.05, 4.69) is 168 Å². The fraction of sp³-hybridized carbons (Fsp3) is 0.0612. The molecule has 1 aliphatic heterocycles. The number of nitrogens with zero attached hydrogens (tertiary/aromatic N) is 2. The normalized spacial score (nSPS) is 16.8. The molecule has 2 aliphatic rings. The molecule has 4 heterocycles. The molecule has 4 heteroatoms. The number of para-hydroxylation sites is 4. The summed E-state index contributed by atoms with van der Waals surface area (Å²) >= 11 is 0. The SMILES string of the molecule is CC12CC=CC=C1c1c(ccc3c4c5oc6ccccc6c5ccc4n(-c4ccccc4)c13)N2c1cccc(-c2cccc3c2oc2ccccc23)c1. The van der Waals surface area contributed by atoms with Crippen molar-refractivity contribution >= 4 is 82.6 Å². The molecule has 1 unspecified atom stereocenters. The maximum atomic E-state index is 6.71. The van der Waals surface area contributed by atoms with Crippen LogP contribution in [0.1, 0.15) is 18.9 Å². The van der Waals surface area contributed by atoms with Crippen LogP contribution in [0, 0.1) is 0 Å². The first kappa shape index (κ1) is 28.9. The highest BCUT2D eigenvalue weighted by molar-refractivity contribution is 6.26. The first-order valence-corrected chi connectivity index (χ1v) is 18.3. The van der Waals surface area contributed by atoms with E-state index in [0.717, 1.165) is 83.7 Å². The van der Waals surface area contributed by atoms with Gasteiger partial charge in [-0.15, -0.1) is 0 Å². The van der Waals surface area contributed by atoms with Crippen molar-refractivity contribution in [3.63, 3.8) is 0 Å². The molecular formula is C49H32N2O2.